The molecular formula is C16H14N2O5. The van der Waals surface area contributed by atoms with Gasteiger partial charge in [0, 0.05) is 11.6 Å². The number of nitrogens with one attached hydrogen (secondary N) is 1. The molecule has 2 aromatic carbocycles. The molecule has 2 aromatic rings. The Bertz CT molecular complexity index is 786. The third kappa shape index (κ3) is 3.52. The van der Waals surface area contributed by atoms with Gasteiger partial charge in [-0.05, 0) is 31.2 Å². The second kappa shape index (κ2) is 6.69. The van der Waals surface area contributed by atoms with Crippen molar-refractivity contribution >= 4 is 23.1 Å². The third-order valence-corrected chi connectivity index (χ3v) is 3.20. The molecule has 2 rings (SSSR count). The average Bonchev–Trinajstić information content (AvgIpc) is 2.54. The zero-order valence-electron chi connectivity index (χ0n) is 12.5. The van der Waals surface area contributed by atoms with Crippen molar-refractivity contribution in [2.75, 3.05) is 12.4 Å². The molecule has 118 valence electrons. The van der Waals surface area contributed by atoms with Crippen molar-refractivity contribution in [3.05, 3.63) is 63.7 Å². The molecule has 0 spiro atoms. The van der Waals surface area contributed by atoms with Gasteiger partial charge in [0.05, 0.1) is 17.7 Å². The first-order valence-electron chi connectivity index (χ1n) is 6.67. The van der Waals surface area contributed by atoms with Gasteiger partial charge in [-0.1, -0.05) is 12.1 Å². The summed E-state index contributed by atoms with van der Waals surface area (Å²) in [5.41, 5.74) is 0.129. The first-order valence-corrected chi connectivity index (χ1v) is 6.67. The highest BCUT2D eigenvalue weighted by molar-refractivity contribution is 6.10. The van der Waals surface area contributed by atoms with Crippen LogP contribution in [0, 0.1) is 10.1 Å². The Labute approximate surface area is 132 Å². The first-order chi connectivity index (χ1) is 10.9. The standard InChI is InChI=1S/C16H14N2O5/c1-10(19)12-5-3-4-6-14(12)17-16(20)13-9-11(23-2)7-8-15(13)18(21)22/h3-9H,1-2H3,(H,17,20). The monoisotopic (exact) mass is 314 g/mol. The number of amides is 1. The van der Waals surface area contributed by atoms with E-state index in [1.54, 1.807) is 24.3 Å². The van der Waals surface area contributed by atoms with E-state index >= 15 is 0 Å². The molecule has 0 aliphatic rings. The normalized spacial score (nSPS) is 10.0. The first kappa shape index (κ1) is 16.2. The van der Waals surface area contributed by atoms with Gasteiger partial charge < -0.3 is 10.1 Å². The summed E-state index contributed by atoms with van der Waals surface area (Å²) in [6, 6.07) is 10.3. The molecule has 1 amide bonds. The summed E-state index contributed by atoms with van der Waals surface area (Å²) < 4.78 is 5.00. The molecule has 0 aliphatic heterocycles. The molecule has 7 nitrogen and oxygen atoms in total. The topological polar surface area (TPSA) is 98.5 Å². The molecule has 0 bridgehead atoms. The van der Waals surface area contributed by atoms with Crippen molar-refractivity contribution in [1.82, 2.24) is 0 Å². The molecule has 0 saturated heterocycles. The highest BCUT2D eigenvalue weighted by atomic mass is 16.6. The van der Waals surface area contributed by atoms with E-state index in [1.807, 2.05) is 0 Å². The van der Waals surface area contributed by atoms with Crippen molar-refractivity contribution < 1.29 is 19.2 Å². The molecule has 0 radical (unpaired) electrons. The maximum Gasteiger partial charge on any atom is 0.282 e. The minimum absolute atomic E-state index is 0.146. The van der Waals surface area contributed by atoms with Crippen LogP contribution in [-0.2, 0) is 0 Å². The quantitative estimate of drug-likeness (QED) is 0.519. The van der Waals surface area contributed by atoms with Crippen molar-refractivity contribution in [2.24, 2.45) is 0 Å². The SMILES string of the molecule is COc1ccc([N+](=O)[O-])c(C(=O)Nc2ccccc2C(C)=O)c1. The molecule has 0 aromatic heterocycles. The van der Waals surface area contributed by atoms with Crippen molar-refractivity contribution in [2.45, 2.75) is 6.92 Å². The van der Waals surface area contributed by atoms with Crippen LogP contribution in [0.4, 0.5) is 11.4 Å². The zero-order chi connectivity index (χ0) is 17.0. The van der Waals surface area contributed by atoms with Crippen LogP contribution < -0.4 is 10.1 Å². The number of nitro groups is 1. The number of hydrogen-bond acceptors (Lipinski definition) is 5. The largest absolute Gasteiger partial charge is 0.497 e. The highest BCUT2D eigenvalue weighted by Gasteiger charge is 2.22. The highest BCUT2D eigenvalue weighted by Crippen LogP contribution is 2.25. The van der Waals surface area contributed by atoms with Gasteiger partial charge in [-0.3, -0.25) is 19.7 Å². The molecule has 7 heteroatoms. The second-order valence-electron chi connectivity index (χ2n) is 4.70. The number of rotatable bonds is 5. The fourth-order valence-electron chi connectivity index (χ4n) is 2.07. The molecule has 1 N–H and O–H groups in total. The smallest absolute Gasteiger partial charge is 0.282 e. The van der Waals surface area contributed by atoms with E-state index in [1.165, 1.54) is 32.2 Å². The molecule has 23 heavy (non-hydrogen) atoms. The Balaban J connectivity index is 2.42. The van der Waals surface area contributed by atoms with Crippen LogP contribution in [0.5, 0.6) is 5.75 Å². The maximum absolute atomic E-state index is 12.4. The van der Waals surface area contributed by atoms with Gasteiger partial charge in [-0.2, -0.15) is 0 Å². The molecular weight excluding hydrogens is 300 g/mol. The Hall–Kier alpha value is -3.22. The van der Waals surface area contributed by atoms with Crippen molar-refractivity contribution in [1.29, 1.82) is 0 Å². The van der Waals surface area contributed by atoms with E-state index in [9.17, 15) is 19.7 Å². The van der Waals surface area contributed by atoms with E-state index in [4.69, 9.17) is 4.74 Å². The van der Waals surface area contributed by atoms with Crippen LogP contribution >= 0.6 is 0 Å². The van der Waals surface area contributed by atoms with E-state index in [0.717, 1.165) is 0 Å². The summed E-state index contributed by atoms with van der Waals surface area (Å²) >= 11 is 0. The van der Waals surface area contributed by atoms with Crippen LogP contribution in [0.15, 0.2) is 42.5 Å². The molecule has 0 aliphatic carbocycles. The van der Waals surface area contributed by atoms with Gasteiger partial charge in [0.2, 0.25) is 0 Å². The molecule has 0 heterocycles. The third-order valence-electron chi connectivity index (χ3n) is 3.20. The number of ketones is 1. The number of methoxy groups -OCH3 is 1. The summed E-state index contributed by atoms with van der Waals surface area (Å²) in [6.07, 6.45) is 0. The lowest BCUT2D eigenvalue weighted by molar-refractivity contribution is -0.385. The van der Waals surface area contributed by atoms with Gasteiger partial charge in [0.1, 0.15) is 11.3 Å². The van der Waals surface area contributed by atoms with Crippen LogP contribution in [0.25, 0.3) is 0 Å². The fourth-order valence-corrected chi connectivity index (χ4v) is 2.07. The number of para-hydroxylation sites is 1. The number of nitrogens with zero attached hydrogens (tertiary/aromatic N) is 1. The number of benzene rings is 2. The number of carbonyl (C=O) groups excluding carboxylic acids is 2. The fraction of sp³-hybridized carbons (Fsp3) is 0.125. The number of carbonyl (C=O) groups is 2. The molecule has 0 fully saturated rings. The van der Waals surface area contributed by atoms with Crippen LogP contribution in [0.1, 0.15) is 27.6 Å². The van der Waals surface area contributed by atoms with Crippen LogP contribution in [0.3, 0.4) is 0 Å². The molecule has 0 unspecified atom stereocenters. The average molecular weight is 314 g/mol. The lowest BCUT2D eigenvalue weighted by Crippen LogP contribution is -2.16. The number of ether oxygens (including phenoxy) is 1. The minimum atomic E-state index is -0.690. The maximum atomic E-state index is 12.4. The Morgan fingerprint density at radius 2 is 1.83 bits per heavy atom. The van der Waals surface area contributed by atoms with Crippen molar-refractivity contribution in [3.8, 4) is 5.75 Å². The van der Waals surface area contributed by atoms with Gasteiger partial charge in [0.15, 0.2) is 5.78 Å². The van der Waals surface area contributed by atoms with E-state index < -0.39 is 10.8 Å². The molecule has 0 saturated carbocycles. The lowest BCUT2D eigenvalue weighted by atomic mass is 10.1. The summed E-state index contributed by atoms with van der Waals surface area (Å²) in [7, 11) is 1.40. The summed E-state index contributed by atoms with van der Waals surface area (Å²) in [4.78, 5) is 34.4. The minimum Gasteiger partial charge on any atom is -0.497 e. The predicted molar refractivity (Wildman–Crippen MR) is 84.0 cm³/mol. The zero-order valence-corrected chi connectivity index (χ0v) is 12.5. The number of nitro benzene ring substituents is 1. The van der Waals surface area contributed by atoms with E-state index in [-0.39, 0.29) is 17.0 Å². The second-order valence-corrected chi connectivity index (χ2v) is 4.70. The van der Waals surface area contributed by atoms with Gasteiger partial charge in [-0.25, -0.2) is 0 Å². The number of hydrogen-bond donors (Lipinski definition) is 1. The summed E-state index contributed by atoms with van der Waals surface area (Å²) in [5.74, 6) is -0.592. The van der Waals surface area contributed by atoms with Crippen molar-refractivity contribution in [3.63, 3.8) is 0 Å². The lowest BCUT2D eigenvalue weighted by Gasteiger charge is -2.10. The van der Waals surface area contributed by atoms with Gasteiger partial charge in [-0.15, -0.1) is 0 Å². The number of anilines is 1. The van der Waals surface area contributed by atoms with E-state index in [0.29, 0.717) is 17.0 Å². The summed E-state index contributed by atoms with van der Waals surface area (Å²) in [6.45, 7) is 1.37. The Kier molecular flexibility index (Phi) is 4.70. The van der Waals surface area contributed by atoms with E-state index in [2.05, 4.69) is 5.32 Å². The Morgan fingerprint density at radius 3 is 2.43 bits per heavy atom. The molecule has 0 atom stereocenters. The predicted octanol–water partition coefficient (Wildman–Crippen LogP) is 3.06. The van der Waals surface area contributed by atoms with Crippen LogP contribution in [0.2, 0.25) is 0 Å². The van der Waals surface area contributed by atoms with Crippen LogP contribution in [-0.4, -0.2) is 23.7 Å². The number of Topliss-reactive ketones (excluding diaryl/α,β-unsaturated/α-hetero) is 1. The van der Waals surface area contributed by atoms with Gasteiger partial charge in [0.25, 0.3) is 11.6 Å². The summed E-state index contributed by atoms with van der Waals surface area (Å²) in [5, 5.41) is 13.6. The Morgan fingerprint density at radius 1 is 1.13 bits per heavy atom. The van der Waals surface area contributed by atoms with Gasteiger partial charge >= 0.3 is 0 Å².